The average molecular weight is 309 g/mol. The molecule has 1 atom stereocenters. The van der Waals surface area contributed by atoms with Gasteiger partial charge in [0.05, 0.1) is 18.1 Å². The predicted octanol–water partition coefficient (Wildman–Crippen LogP) is 2.22. The van der Waals surface area contributed by atoms with Gasteiger partial charge in [0.1, 0.15) is 5.75 Å². The van der Waals surface area contributed by atoms with Crippen LogP contribution >= 0.6 is 0 Å². The van der Waals surface area contributed by atoms with Crippen LogP contribution < -0.4 is 4.74 Å². The van der Waals surface area contributed by atoms with Crippen LogP contribution in [0.4, 0.5) is 0 Å². The second-order valence-corrected chi connectivity index (χ2v) is 7.95. The van der Waals surface area contributed by atoms with E-state index < -0.39 is 9.84 Å². The number of methoxy groups -OCH3 is 1. The lowest BCUT2D eigenvalue weighted by Crippen LogP contribution is -2.27. The van der Waals surface area contributed by atoms with Crippen molar-refractivity contribution < 1.29 is 13.2 Å². The summed E-state index contributed by atoms with van der Waals surface area (Å²) < 4.78 is 29.0. The monoisotopic (exact) mass is 309 g/mol. The minimum absolute atomic E-state index is 0.222. The number of para-hydroxylation sites is 1. The summed E-state index contributed by atoms with van der Waals surface area (Å²) in [5.41, 5.74) is 1.04. The third-order valence-electron chi connectivity index (χ3n) is 3.96. The molecule has 0 saturated carbocycles. The second kappa shape index (κ2) is 7.09. The maximum atomic E-state index is 11.9. The van der Waals surface area contributed by atoms with E-state index in [9.17, 15) is 8.42 Å². The van der Waals surface area contributed by atoms with Crippen LogP contribution in [0.1, 0.15) is 18.9 Å². The van der Waals surface area contributed by atoms with Crippen LogP contribution in [0.25, 0.3) is 6.08 Å². The maximum absolute atomic E-state index is 11.9. The first-order valence-electron chi connectivity index (χ1n) is 7.26. The van der Waals surface area contributed by atoms with Gasteiger partial charge in [-0.1, -0.05) is 30.4 Å². The quantitative estimate of drug-likeness (QED) is 0.855. The highest BCUT2D eigenvalue weighted by Crippen LogP contribution is 2.19. The van der Waals surface area contributed by atoms with Gasteiger partial charge in [-0.3, -0.25) is 4.90 Å². The molecule has 0 N–H and O–H groups in total. The van der Waals surface area contributed by atoms with E-state index in [1.54, 1.807) is 7.11 Å². The van der Waals surface area contributed by atoms with Crippen molar-refractivity contribution in [2.24, 2.45) is 0 Å². The van der Waals surface area contributed by atoms with Crippen LogP contribution in [0.3, 0.4) is 0 Å². The van der Waals surface area contributed by atoms with Gasteiger partial charge in [0.25, 0.3) is 0 Å². The van der Waals surface area contributed by atoms with E-state index in [1.165, 1.54) is 0 Å². The molecule has 1 heterocycles. The lowest BCUT2D eigenvalue weighted by atomic mass is 10.2. The molecule has 116 valence electrons. The van der Waals surface area contributed by atoms with Gasteiger partial charge in [0.2, 0.25) is 0 Å². The molecule has 1 aliphatic heterocycles. The fourth-order valence-corrected chi connectivity index (χ4v) is 3.81. The van der Waals surface area contributed by atoms with Gasteiger partial charge < -0.3 is 4.74 Å². The molecule has 0 aliphatic carbocycles. The van der Waals surface area contributed by atoms with E-state index in [4.69, 9.17) is 4.74 Å². The third kappa shape index (κ3) is 4.32. The summed E-state index contributed by atoms with van der Waals surface area (Å²) >= 11 is 0. The Hall–Kier alpha value is -1.33. The largest absolute Gasteiger partial charge is 0.496 e. The molecule has 0 amide bonds. The minimum Gasteiger partial charge on any atom is -0.496 e. The molecule has 1 aliphatic rings. The number of sulfone groups is 1. The smallest absolute Gasteiger partial charge is 0.154 e. The van der Waals surface area contributed by atoms with E-state index in [0.717, 1.165) is 24.4 Å². The van der Waals surface area contributed by atoms with Gasteiger partial charge in [0, 0.05) is 18.7 Å². The van der Waals surface area contributed by atoms with Gasteiger partial charge in [-0.25, -0.2) is 8.42 Å². The standard InChI is InChI=1S/C16H23NO3S/c1-14-9-11-17(12-13-21(14,18)19)10-5-7-15-6-3-4-8-16(15)20-2/h3-8,14H,9-13H2,1-2H3/b7-5+. The number of hydrogen-bond donors (Lipinski definition) is 0. The summed E-state index contributed by atoms with van der Waals surface area (Å²) in [6.45, 7) is 4.02. The van der Waals surface area contributed by atoms with E-state index in [-0.39, 0.29) is 11.0 Å². The zero-order chi connectivity index (χ0) is 15.3. The Labute approximate surface area is 127 Å². The SMILES string of the molecule is COc1ccccc1/C=C/CN1CCC(C)S(=O)(=O)CC1. The Balaban J connectivity index is 1.95. The van der Waals surface area contributed by atoms with Crippen LogP contribution in [0.15, 0.2) is 30.3 Å². The third-order valence-corrected chi connectivity index (χ3v) is 6.17. The lowest BCUT2D eigenvalue weighted by molar-refractivity contribution is 0.323. The van der Waals surface area contributed by atoms with Crippen LogP contribution in [0.5, 0.6) is 5.75 Å². The molecule has 1 unspecified atom stereocenters. The van der Waals surface area contributed by atoms with Crippen molar-refractivity contribution in [3.63, 3.8) is 0 Å². The first-order chi connectivity index (χ1) is 10.0. The average Bonchev–Trinajstić information content (AvgIpc) is 2.60. The number of rotatable bonds is 4. The Morgan fingerprint density at radius 3 is 2.86 bits per heavy atom. The molecular formula is C16H23NO3S. The first kappa shape index (κ1) is 16.0. The van der Waals surface area contributed by atoms with Gasteiger partial charge in [-0.2, -0.15) is 0 Å². The van der Waals surface area contributed by atoms with Gasteiger partial charge in [-0.15, -0.1) is 0 Å². The Bertz CT molecular complexity index is 595. The number of nitrogens with zero attached hydrogens (tertiary/aromatic N) is 1. The Morgan fingerprint density at radius 1 is 1.33 bits per heavy atom. The van der Waals surface area contributed by atoms with Crippen LogP contribution in [-0.4, -0.2) is 51.1 Å². The van der Waals surface area contributed by atoms with Crippen molar-refractivity contribution in [1.29, 1.82) is 0 Å². The maximum Gasteiger partial charge on any atom is 0.154 e. The summed E-state index contributed by atoms with van der Waals surface area (Å²) in [6, 6.07) is 7.85. The van der Waals surface area contributed by atoms with Crippen molar-refractivity contribution in [3.05, 3.63) is 35.9 Å². The topological polar surface area (TPSA) is 46.6 Å². The van der Waals surface area contributed by atoms with Gasteiger partial charge in [0.15, 0.2) is 9.84 Å². The molecule has 0 spiro atoms. The van der Waals surface area contributed by atoms with Crippen molar-refractivity contribution in [2.75, 3.05) is 32.5 Å². The van der Waals surface area contributed by atoms with Crippen molar-refractivity contribution in [3.8, 4) is 5.75 Å². The molecule has 1 saturated heterocycles. The molecule has 0 bridgehead atoms. The molecule has 4 nitrogen and oxygen atoms in total. The molecule has 2 rings (SSSR count). The second-order valence-electron chi connectivity index (χ2n) is 5.41. The van der Waals surface area contributed by atoms with Crippen LogP contribution in [0, 0.1) is 0 Å². The highest BCUT2D eigenvalue weighted by atomic mass is 32.2. The first-order valence-corrected chi connectivity index (χ1v) is 8.98. The van der Waals surface area contributed by atoms with E-state index in [2.05, 4.69) is 11.0 Å². The Kier molecular flexibility index (Phi) is 5.42. The molecule has 1 fully saturated rings. The molecule has 0 aromatic heterocycles. The predicted molar refractivity (Wildman–Crippen MR) is 86.3 cm³/mol. The van der Waals surface area contributed by atoms with E-state index >= 15 is 0 Å². The van der Waals surface area contributed by atoms with Crippen LogP contribution in [-0.2, 0) is 9.84 Å². The summed E-state index contributed by atoms with van der Waals surface area (Å²) in [4.78, 5) is 2.19. The number of hydrogen-bond acceptors (Lipinski definition) is 4. The fraction of sp³-hybridized carbons (Fsp3) is 0.500. The lowest BCUT2D eigenvalue weighted by Gasteiger charge is -2.16. The molecule has 5 heteroatoms. The van der Waals surface area contributed by atoms with Crippen LogP contribution in [0.2, 0.25) is 0 Å². The molecule has 1 aromatic carbocycles. The fourth-order valence-electron chi connectivity index (χ4n) is 2.43. The summed E-state index contributed by atoms with van der Waals surface area (Å²) in [5, 5.41) is -0.222. The van der Waals surface area contributed by atoms with E-state index in [1.807, 2.05) is 37.3 Å². The number of benzene rings is 1. The summed E-state index contributed by atoms with van der Waals surface area (Å²) in [5.74, 6) is 1.11. The van der Waals surface area contributed by atoms with Crippen molar-refractivity contribution >= 4 is 15.9 Å². The van der Waals surface area contributed by atoms with Crippen molar-refractivity contribution in [2.45, 2.75) is 18.6 Å². The molecular weight excluding hydrogens is 286 g/mol. The van der Waals surface area contributed by atoms with Gasteiger partial charge in [-0.05, 0) is 26.0 Å². The summed E-state index contributed by atoms with van der Waals surface area (Å²) in [6.07, 6.45) is 4.81. The zero-order valence-corrected chi connectivity index (χ0v) is 13.5. The highest BCUT2D eigenvalue weighted by Gasteiger charge is 2.25. The normalized spacial score (nSPS) is 23.0. The van der Waals surface area contributed by atoms with Gasteiger partial charge >= 0.3 is 0 Å². The zero-order valence-electron chi connectivity index (χ0n) is 12.7. The molecule has 0 radical (unpaired) electrons. The van der Waals surface area contributed by atoms with Crippen molar-refractivity contribution in [1.82, 2.24) is 4.90 Å². The molecule has 1 aromatic rings. The Morgan fingerprint density at radius 2 is 2.10 bits per heavy atom. The highest BCUT2D eigenvalue weighted by molar-refractivity contribution is 7.92. The summed E-state index contributed by atoms with van der Waals surface area (Å²) in [7, 11) is -1.24. The van der Waals surface area contributed by atoms with E-state index in [0.29, 0.717) is 13.0 Å². The molecule has 21 heavy (non-hydrogen) atoms. The minimum atomic E-state index is -2.90. The number of ether oxygens (including phenoxy) is 1.